The van der Waals surface area contributed by atoms with E-state index in [1.54, 1.807) is 0 Å². The van der Waals surface area contributed by atoms with Gasteiger partial charge in [-0.1, -0.05) is 13.8 Å². The normalized spacial score (nSPS) is 23.6. The van der Waals surface area contributed by atoms with E-state index in [9.17, 15) is 0 Å². The molecule has 0 amide bonds. The van der Waals surface area contributed by atoms with Crippen LogP contribution in [0.1, 0.15) is 33.1 Å². The fourth-order valence-electron chi connectivity index (χ4n) is 3.21. The maximum atomic E-state index is 5.97. The molecular formula is C16H33N3O. The van der Waals surface area contributed by atoms with Gasteiger partial charge in [0.2, 0.25) is 0 Å². The van der Waals surface area contributed by atoms with E-state index in [1.807, 2.05) is 0 Å². The largest absolute Gasteiger partial charge is 0.378 e. The molecule has 1 N–H and O–H groups in total. The Hall–Kier alpha value is -0.160. The van der Waals surface area contributed by atoms with Crippen molar-refractivity contribution in [3.8, 4) is 0 Å². The quantitative estimate of drug-likeness (QED) is 0.715. The highest BCUT2D eigenvalue weighted by molar-refractivity contribution is 4.73. The summed E-state index contributed by atoms with van der Waals surface area (Å²) in [6, 6.07) is 0. The van der Waals surface area contributed by atoms with Crippen molar-refractivity contribution in [2.75, 3.05) is 59.0 Å². The molecule has 4 heteroatoms. The van der Waals surface area contributed by atoms with Crippen LogP contribution in [-0.2, 0) is 4.74 Å². The van der Waals surface area contributed by atoms with Crippen LogP contribution in [0.25, 0.3) is 0 Å². The predicted octanol–water partition coefficient (Wildman–Crippen LogP) is 1.42. The molecule has 0 radical (unpaired) electrons. The SMILES string of the molecule is CC(C)CN1CCN(CCCOC2CCNCC2)CC1. The van der Waals surface area contributed by atoms with Gasteiger partial charge in [0, 0.05) is 45.9 Å². The van der Waals surface area contributed by atoms with Gasteiger partial charge in [0.1, 0.15) is 0 Å². The van der Waals surface area contributed by atoms with Crippen molar-refractivity contribution in [3.63, 3.8) is 0 Å². The Morgan fingerprint density at radius 1 is 1.05 bits per heavy atom. The van der Waals surface area contributed by atoms with Crippen molar-refractivity contribution in [1.29, 1.82) is 0 Å². The van der Waals surface area contributed by atoms with E-state index < -0.39 is 0 Å². The summed E-state index contributed by atoms with van der Waals surface area (Å²) in [6.07, 6.45) is 4.08. The van der Waals surface area contributed by atoms with Crippen LogP contribution in [0.5, 0.6) is 0 Å². The van der Waals surface area contributed by atoms with Crippen LogP contribution >= 0.6 is 0 Å². The summed E-state index contributed by atoms with van der Waals surface area (Å²) >= 11 is 0. The van der Waals surface area contributed by atoms with E-state index in [0.29, 0.717) is 6.10 Å². The van der Waals surface area contributed by atoms with Crippen LogP contribution in [0.3, 0.4) is 0 Å². The Morgan fingerprint density at radius 2 is 1.70 bits per heavy atom. The van der Waals surface area contributed by atoms with Gasteiger partial charge in [-0.3, -0.25) is 0 Å². The lowest BCUT2D eigenvalue weighted by Gasteiger charge is -2.35. The zero-order valence-electron chi connectivity index (χ0n) is 13.4. The Morgan fingerprint density at radius 3 is 2.35 bits per heavy atom. The molecule has 2 aliphatic rings. The van der Waals surface area contributed by atoms with E-state index in [1.165, 1.54) is 58.5 Å². The van der Waals surface area contributed by atoms with Crippen molar-refractivity contribution < 1.29 is 4.74 Å². The highest BCUT2D eigenvalue weighted by atomic mass is 16.5. The molecule has 20 heavy (non-hydrogen) atoms. The minimum Gasteiger partial charge on any atom is -0.378 e. The number of hydrogen-bond acceptors (Lipinski definition) is 4. The minimum atomic E-state index is 0.513. The van der Waals surface area contributed by atoms with Crippen molar-refractivity contribution >= 4 is 0 Å². The molecule has 0 aromatic heterocycles. The number of rotatable bonds is 7. The summed E-state index contributed by atoms with van der Waals surface area (Å²) in [4.78, 5) is 5.20. The van der Waals surface area contributed by atoms with Crippen LogP contribution in [-0.4, -0.2) is 74.9 Å². The molecule has 2 heterocycles. The van der Waals surface area contributed by atoms with E-state index >= 15 is 0 Å². The van der Waals surface area contributed by atoms with Crippen LogP contribution < -0.4 is 5.32 Å². The van der Waals surface area contributed by atoms with Gasteiger partial charge in [-0.25, -0.2) is 0 Å². The topological polar surface area (TPSA) is 27.7 Å². The molecule has 0 aromatic carbocycles. The maximum absolute atomic E-state index is 5.97. The summed E-state index contributed by atoms with van der Waals surface area (Å²) in [5, 5.41) is 3.38. The second kappa shape index (κ2) is 8.98. The third kappa shape index (κ3) is 6.08. The van der Waals surface area contributed by atoms with Gasteiger partial charge in [0.15, 0.2) is 0 Å². The summed E-state index contributed by atoms with van der Waals surface area (Å²) in [6.45, 7) is 15.2. The summed E-state index contributed by atoms with van der Waals surface area (Å²) in [5.74, 6) is 0.792. The molecule has 0 atom stereocenters. The highest BCUT2D eigenvalue weighted by Gasteiger charge is 2.17. The second-order valence-electron chi connectivity index (χ2n) is 6.71. The number of nitrogens with one attached hydrogen (secondary N) is 1. The van der Waals surface area contributed by atoms with Crippen LogP contribution in [0, 0.1) is 5.92 Å². The average Bonchev–Trinajstić information content (AvgIpc) is 2.46. The number of hydrogen-bond donors (Lipinski definition) is 1. The van der Waals surface area contributed by atoms with Crippen LogP contribution in [0.15, 0.2) is 0 Å². The van der Waals surface area contributed by atoms with Gasteiger partial charge < -0.3 is 19.9 Å². The van der Waals surface area contributed by atoms with Gasteiger partial charge in [-0.2, -0.15) is 0 Å². The first-order valence-electron chi connectivity index (χ1n) is 8.51. The van der Waals surface area contributed by atoms with Crippen LogP contribution in [0.4, 0.5) is 0 Å². The van der Waals surface area contributed by atoms with Crippen LogP contribution in [0.2, 0.25) is 0 Å². The standard InChI is InChI=1S/C16H33N3O/c1-15(2)14-19-11-9-18(10-12-19)8-3-13-20-16-4-6-17-7-5-16/h15-17H,3-14H2,1-2H3. The molecule has 0 spiro atoms. The molecule has 2 saturated heterocycles. The molecule has 0 unspecified atom stereocenters. The zero-order valence-corrected chi connectivity index (χ0v) is 13.4. The average molecular weight is 283 g/mol. The van der Waals surface area contributed by atoms with Crippen molar-refractivity contribution in [3.05, 3.63) is 0 Å². The fourth-order valence-corrected chi connectivity index (χ4v) is 3.21. The first-order chi connectivity index (χ1) is 9.74. The lowest BCUT2D eigenvalue weighted by molar-refractivity contribution is 0.0249. The van der Waals surface area contributed by atoms with Crippen molar-refractivity contribution in [1.82, 2.24) is 15.1 Å². The molecule has 2 fully saturated rings. The molecule has 118 valence electrons. The first kappa shape index (κ1) is 16.2. The first-order valence-corrected chi connectivity index (χ1v) is 8.51. The number of piperidine rings is 1. The summed E-state index contributed by atoms with van der Waals surface area (Å²) in [7, 11) is 0. The Kier molecular flexibility index (Phi) is 7.28. The smallest absolute Gasteiger partial charge is 0.0599 e. The van der Waals surface area contributed by atoms with E-state index in [2.05, 4.69) is 29.0 Å². The third-order valence-corrected chi connectivity index (χ3v) is 4.35. The van der Waals surface area contributed by atoms with E-state index in [4.69, 9.17) is 4.74 Å². The Bertz CT molecular complexity index is 246. The van der Waals surface area contributed by atoms with Gasteiger partial charge >= 0.3 is 0 Å². The number of piperazine rings is 1. The molecule has 0 aromatic rings. The monoisotopic (exact) mass is 283 g/mol. The van der Waals surface area contributed by atoms with Crippen molar-refractivity contribution in [2.45, 2.75) is 39.2 Å². The van der Waals surface area contributed by atoms with Gasteiger partial charge in [-0.05, 0) is 38.3 Å². The highest BCUT2D eigenvalue weighted by Crippen LogP contribution is 2.09. The number of nitrogens with zero attached hydrogens (tertiary/aromatic N) is 2. The molecule has 0 saturated carbocycles. The fraction of sp³-hybridized carbons (Fsp3) is 1.00. The predicted molar refractivity (Wildman–Crippen MR) is 84.2 cm³/mol. The molecular weight excluding hydrogens is 250 g/mol. The lowest BCUT2D eigenvalue weighted by atomic mass is 10.1. The molecule has 2 aliphatic heterocycles. The van der Waals surface area contributed by atoms with E-state index in [-0.39, 0.29) is 0 Å². The third-order valence-electron chi connectivity index (χ3n) is 4.35. The molecule has 0 bridgehead atoms. The Balaban J connectivity index is 1.48. The van der Waals surface area contributed by atoms with E-state index in [0.717, 1.165) is 25.6 Å². The van der Waals surface area contributed by atoms with Gasteiger partial charge in [0.05, 0.1) is 6.10 Å². The number of ether oxygens (including phenoxy) is 1. The van der Waals surface area contributed by atoms with Crippen molar-refractivity contribution in [2.24, 2.45) is 5.92 Å². The molecule has 4 nitrogen and oxygen atoms in total. The summed E-state index contributed by atoms with van der Waals surface area (Å²) in [5.41, 5.74) is 0. The molecule has 2 rings (SSSR count). The lowest BCUT2D eigenvalue weighted by Crippen LogP contribution is -2.47. The van der Waals surface area contributed by atoms with Gasteiger partial charge in [0.25, 0.3) is 0 Å². The minimum absolute atomic E-state index is 0.513. The summed E-state index contributed by atoms with van der Waals surface area (Å²) < 4.78 is 5.97. The molecule has 0 aliphatic carbocycles. The second-order valence-corrected chi connectivity index (χ2v) is 6.71. The Labute approximate surface area is 124 Å². The zero-order chi connectivity index (χ0) is 14.2. The van der Waals surface area contributed by atoms with Gasteiger partial charge in [-0.15, -0.1) is 0 Å². The maximum Gasteiger partial charge on any atom is 0.0599 e.